The molecule has 0 saturated carbocycles. The number of thiophene rings is 2. The molecule has 0 unspecified atom stereocenters. The second kappa shape index (κ2) is 37.9. The molecule has 12 heterocycles. The molecule has 33 heteroatoms. The van der Waals surface area contributed by atoms with Crippen molar-refractivity contribution >= 4 is 107 Å². The van der Waals surface area contributed by atoms with Crippen molar-refractivity contribution in [1.29, 1.82) is 0 Å². The SMILES string of the molecule is C1=CCNC1.CC(=O)OOC(C)=O.CC(=O)[O-].COc1ncc(-c2nc(N3CCOCC3)nc3c(CN4CCC(=O)CC4)c(C)sc23)cc1CS(C)(=O)=O.COc1ncc(-c2nc(N3CCOCC3)nc3c(CN4CCC(N5CC=CC5)CC4)c(C)sc23)cc1CS(C)(=O)=O.[B].[Na+]. The van der Waals surface area contributed by atoms with Crippen LogP contribution < -0.4 is 59.3 Å². The molecule has 0 bridgehead atoms. The maximum atomic E-state index is 12.2. The van der Waals surface area contributed by atoms with Crippen molar-refractivity contribution in [3.05, 3.63) is 80.8 Å². The Morgan fingerprint density at radius 1 is 0.629 bits per heavy atom. The molecule has 97 heavy (non-hydrogen) atoms. The largest absolute Gasteiger partial charge is 1.00 e. The Morgan fingerprint density at radius 2 is 1.02 bits per heavy atom. The van der Waals surface area contributed by atoms with E-state index in [1.54, 1.807) is 35.1 Å². The van der Waals surface area contributed by atoms with E-state index in [1.165, 1.54) is 50.0 Å². The summed E-state index contributed by atoms with van der Waals surface area (Å²) in [5.74, 6) is -0.469. The van der Waals surface area contributed by atoms with Crippen LogP contribution >= 0.6 is 22.7 Å². The van der Waals surface area contributed by atoms with Gasteiger partial charge in [0.2, 0.25) is 23.7 Å². The first-order chi connectivity index (χ1) is 45.4. The number of aryl methyl sites for hydroxylation is 2. The zero-order valence-electron chi connectivity index (χ0n) is 56.9. The number of carbonyl (C=O) groups is 4. The maximum absolute atomic E-state index is 12.2. The van der Waals surface area contributed by atoms with Crippen LogP contribution in [-0.4, -0.2) is 231 Å². The molecule has 1 N–H and O–H groups in total. The summed E-state index contributed by atoms with van der Waals surface area (Å²) in [5, 5.41) is 12.0. The zero-order chi connectivity index (χ0) is 68.4. The van der Waals surface area contributed by atoms with Crippen LogP contribution in [0.25, 0.3) is 42.9 Å². The van der Waals surface area contributed by atoms with Crippen LogP contribution in [0.2, 0.25) is 0 Å². The van der Waals surface area contributed by atoms with Crippen molar-refractivity contribution in [3.63, 3.8) is 0 Å². The monoisotopic (exact) mass is 1420 g/mol. The molecule has 4 saturated heterocycles. The molecule has 0 spiro atoms. The normalized spacial score (nSPS) is 16.9. The third-order valence-electron chi connectivity index (χ3n) is 15.9. The number of carbonyl (C=O) groups excluding carboxylic acids is 4. The molecule has 6 aliphatic rings. The van der Waals surface area contributed by atoms with Gasteiger partial charge in [0.25, 0.3) is 0 Å². The van der Waals surface area contributed by atoms with Crippen LogP contribution in [0.5, 0.6) is 11.8 Å². The molecule has 27 nitrogen and oxygen atoms in total. The number of methoxy groups -OCH3 is 2. The van der Waals surface area contributed by atoms with Gasteiger partial charge in [0.15, 0.2) is 19.7 Å². The first kappa shape index (κ1) is 79.8. The summed E-state index contributed by atoms with van der Waals surface area (Å²) >= 11 is 3.34. The number of morpholine rings is 2. The van der Waals surface area contributed by atoms with Gasteiger partial charge in [0, 0.05) is 194 Å². The number of carboxylic acids is 1. The number of likely N-dealkylation sites (tertiary alicyclic amines) is 2. The van der Waals surface area contributed by atoms with Gasteiger partial charge in [-0.3, -0.25) is 19.5 Å². The Kier molecular flexibility index (Phi) is 31.2. The Bertz CT molecular complexity index is 3930. The number of ketones is 1. The van der Waals surface area contributed by atoms with E-state index in [0.717, 1.165) is 153 Å². The number of piperidine rings is 2. The maximum Gasteiger partial charge on any atom is 1.00 e. The number of carboxylic acid groups (broad SMARTS) is 1. The summed E-state index contributed by atoms with van der Waals surface area (Å²) < 4.78 is 72.4. The summed E-state index contributed by atoms with van der Waals surface area (Å²) in [6.45, 7) is 22.4. The number of rotatable bonds is 15. The molecule has 0 amide bonds. The van der Waals surface area contributed by atoms with E-state index in [9.17, 15) is 31.2 Å². The third kappa shape index (κ3) is 23.8. The van der Waals surface area contributed by atoms with E-state index in [-0.39, 0.29) is 55.4 Å². The van der Waals surface area contributed by atoms with Crippen molar-refractivity contribution in [2.45, 2.75) is 90.9 Å². The summed E-state index contributed by atoms with van der Waals surface area (Å²) in [6.07, 6.45) is 18.2. The topological polar surface area (TPSA) is 321 Å². The van der Waals surface area contributed by atoms with Gasteiger partial charge in [0.05, 0.1) is 84.0 Å². The van der Waals surface area contributed by atoms with Crippen molar-refractivity contribution in [3.8, 4) is 34.3 Å². The predicted molar refractivity (Wildman–Crippen MR) is 368 cm³/mol. The zero-order valence-corrected chi connectivity index (χ0v) is 62.2. The molecule has 519 valence electrons. The number of hydrogen-bond acceptors (Lipinski definition) is 29. The van der Waals surface area contributed by atoms with E-state index in [0.29, 0.717) is 93.1 Å². The second-order valence-electron chi connectivity index (χ2n) is 23.5. The second-order valence-corrected chi connectivity index (χ2v) is 30.2. The van der Waals surface area contributed by atoms with Crippen molar-refractivity contribution < 1.29 is 99.4 Å². The van der Waals surface area contributed by atoms with Gasteiger partial charge in [-0.1, -0.05) is 24.3 Å². The quantitative estimate of drug-likeness (QED) is 0.0658. The molecule has 0 atom stereocenters. The van der Waals surface area contributed by atoms with Gasteiger partial charge in [0.1, 0.15) is 5.78 Å². The minimum absolute atomic E-state index is 0. The molecule has 0 aromatic carbocycles. The average Bonchev–Trinajstić information content (AvgIpc) is 1.68. The van der Waals surface area contributed by atoms with Crippen LogP contribution in [0.4, 0.5) is 11.9 Å². The van der Waals surface area contributed by atoms with Crippen LogP contribution in [0.15, 0.2) is 48.8 Å². The van der Waals surface area contributed by atoms with Gasteiger partial charge >= 0.3 is 41.5 Å². The molecular weight excluding hydrogens is 1340 g/mol. The van der Waals surface area contributed by atoms with E-state index in [2.05, 4.69) is 87.7 Å². The van der Waals surface area contributed by atoms with Gasteiger partial charge in [-0.2, -0.15) is 0 Å². The Hall–Kier alpha value is -6.14. The minimum Gasteiger partial charge on any atom is -0.550 e. The van der Waals surface area contributed by atoms with E-state index < -0.39 is 37.6 Å². The minimum atomic E-state index is -3.30. The van der Waals surface area contributed by atoms with Gasteiger partial charge < -0.3 is 44.0 Å². The molecule has 3 radical (unpaired) electrons. The van der Waals surface area contributed by atoms with Gasteiger partial charge in [-0.15, -0.1) is 22.7 Å². The molecule has 12 rings (SSSR count). The average molecular weight is 1420 g/mol. The van der Waals surface area contributed by atoms with Crippen molar-refractivity contribution in [1.82, 2.24) is 49.9 Å². The smallest absolute Gasteiger partial charge is 0.550 e. The van der Waals surface area contributed by atoms with E-state index in [4.69, 9.17) is 48.8 Å². The third-order valence-corrected chi connectivity index (χ3v) is 19.9. The molecule has 6 aromatic rings. The van der Waals surface area contributed by atoms with Crippen LogP contribution in [-0.2, 0) is 82.7 Å². The summed E-state index contributed by atoms with van der Waals surface area (Å²) in [5.41, 5.74) is 8.28. The van der Waals surface area contributed by atoms with Gasteiger partial charge in [-0.25, -0.2) is 66.1 Å². The van der Waals surface area contributed by atoms with Crippen LogP contribution in [0.1, 0.15) is 78.5 Å². The molecular formula is C64H85BN12NaO15S4. The van der Waals surface area contributed by atoms with Gasteiger partial charge in [-0.05, 0) is 58.8 Å². The summed E-state index contributed by atoms with van der Waals surface area (Å²) in [6, 6.07) is 4.32. The van der Waals surface area contributed by atoms with Crippen LogP contribution in [0.3, 0.4) is 0 Å². The number of aromatic nitrogens is 6. The number of pyridine rings is 2. The number of sulfone groups is 2. The number of nitrogens with zero attached hydrogens (tertiary/aromatic N) is 11. The molecule has 6 aromatic heterocycles. The number of Topliss-reactive ketones (excluding diaryl/α,β-unsaturated/α-hetero) is 1. The fraction of sp³-hybridized carbons (Fsp3) is 0.531. The standard InChI is InChI=1S/C29H38N6O4S2.C25H31N5O5S2.C4H7N.C4H6O4.C2H4O2.B.Na/c1-20-24(18-33-10-6-23(7-11-33)34-8-4-5-9-34)26-27(40-20)25(31-29(32-26)35-12-14-39-15-13-35)21-16-22(19-41(3,36)37)28(38-2)30-17-21;1-16-20(14-29-6-4-19(31)5-7-29)22-23(36-16)21(27-25(28-22)30-8-10-35-11-9-30)17-12-18(15-37(3,32)33)24(34-2)26-13-17;1-2-4-5-3-1;1-3(5)7-8-4(2)6;1-2(3)4;;/h4-5,16-17,23H,6-15,18-19H2,1-3H3;12-13H,4-11,14-15H2,1-3H3;1-2,5H,3-4H2;1-2H3;1H3,(H,3,4);;/q;;;;;;+1/p-1. The van der Waals surface area contributed by atoms with Crippen molar-refractivity contribution in [2.75, 3.05) is 141 Å². The number of hydrogen-bond donors (Lipinski definition) is 1. The molecule has 0 aliphatic carbocycles. The Balaban J connectivity index is 0.000000243. The number of nitrogens with one attached hydrogen (secondary N) is 1. The van der Waals surface area contributed by atoms with Crippen molar-refractivity contribution in [2.24, 2.45) is 0 Å². The summed E-state index contributed by atoms with van der Waals surface area (Å²) in [4.78, 5) is 91.2. The van der Waals surface area contributed by atoms with E-state index >= 15 is 0 Å². The molecule has 4 fully saturated rings. The number of fused-ring (bicyclic) bond motifs is 2. The Morgan fingerprint density at radius 3 is 1.37 bits per heavy atom. The van der Waals surface area contributed by atoms with Crippen LogP contribution in [0, 0.1) is 13.8 Å². The van der Waals surface area contributed by atoms with E-state index in [1.807, 2.05) is 12.1 Å². The predicted octanol–water partition coefficient (Wildman–Crippen LogP) is 1.46. The number of ether oxygens (including phenoxy) is 4. The fourth-order valence-electron chi connectivity index (χ4n) is 11.4. The fourth-order valence-corrected chi connectivity index (χ4v) is 15.2. The molecule has 6 aliphatic heterocycles. The Labute approximate surface area is 599 Å². The number of aliphatic carboxylic acids is 1. The first-order valence-electron chi connectivity index (χ1n) is 31.3. The summed E-state index contributed by atoms with van der Waals surface area (Å²) in [7, 11) is -3.60. The number of anilines is 2. The first-order valence-corrected chi connectivity index (χ1v) is 37.0.